The quantitative estimate of drug-likeness (QED) is 0.580. The van der Waals surface area contributed by atoms with Crippen LogP contribution in [-0.4, -0.2) is 30.0 Å². The first-order chi connectivity index (χ1) is 4.98. The average Bonchev–Trinajstić information content (AvgIpc) is 2.01. The maximum absolute atomic E-state index is 11.2. The summed E-state index contributed by atoms with van der Waals surface area (Å²) >= 11 is 10.5. The predicted octanol–water partition coefficient (Wildman–Crippen LogP) is 1.59. The first-order valence-corrected chi connectivity index (χ1v) is 5.14. The average molecular weight is 223 g/mol. The Morgan fingerprint density at radius 2 is 1.73 bits per heavy atom. The summed E-state index contributed by atoms with van der Waals surface area (Å²) < 4.78 is 20.1. The van der Waals surface area contributed by atoms with E-state index in [1.165, 1.54) is 0 Å². The van der Waals surface area contributed by atoms with Gasteiger partial charge >= 0.3 is 7.60 Å². The summed E-state index contributed by atoms with van der Waals surface area (Å²) in [5, 5.41) is 9.07. The van der Waals surface area contributed by atoms with E-state index in [0.29, 0.717) is 0 Å². The highest BCUT2D eigenvalue weighted by Gasteiger charge is 2.36. The zero-order chi connectivity index (χ0) is 9.07. The van der Waals surface area contributed by atoms with Gasteiger partial charge in [-0.1, -0.05) is 0 Å². The van der Waals surface area contributed by atoms with Crippen molar-refractivity contribution in [1.29, 1.82) is 0 Å². The fraction of sp³-hybridized carbons (Fsp3) is 1.00. The molecule has 0 aliphatic carbocycles. The van der Waals surface area contributed by atoms with Gasteiger partial charge in [0, 0.05) is 14.2 Å². The summed E-state index contributed by atoms with van der Waals surface area (Å²) in [5.41, 5.74) is 0. The van der Waals surface area contributed by atoms with E-state index in [0.717, 1.165) is 14.2 Å². The Labute approximate surface area is 74.9 Å². The zero-order valence-corrected chi connectivity index (χ0v) is 8.44. The van der Waals surface area contributed by atoms with Crippen molar-refractivity contribution < 1.29 is 18.7 Å². The van der Waals surface area contributed by atoms with Gasteiger partial charge in [-0.05, 0) is 0 Å². The molecule has 0 aromatic carbocycles. The lowest BCUT2D eigenvalue weighted by atomic mass is 10.8. The first-order valence-electron chi connectivity index (χ1n) is 2.65. The van der Waals surface area contributed by atoms with Crippen molar-refractivity contribution in [2.45, 2.75) is 10.7 Å². The van der Waals surface area contributed by atoms with Gasteiger partial charge < -0.3 is 14.2 Å². The maximum atomic E-state index is 11.2. The van der Waals surface area contributed by atoms with Crippen molar-refractivity contribution in [3.8, 4) is 0 Å². The van der Waals surface area contributed by atoms with E-state index in [-0.39, 0.29) is 0 Å². The number of hydrogen-bond donors (Lipinski definition) is 1. The molecule has 0 unspecified atom stereocenters. The third-order valence-electron chi connectivity index (χ3n) is 1.06. The van der Waals surface area contributed by atoms with Crippen LogP contribution in [0.2, 0.25) is 0 Å². The molecule has 0 saturated carbocycles. The van der Waals surface area contributed by atoms with E-state index in [2.05, 4.69) is 9.05 Å². The summed E-state index contributed by atoms with van der Waals surface area (Å²) in [6, 6.07) is 0. The van der Waals surface area contributed by atoms with Gasteiger partial charge in [-0.2, -0.15) is 0 Å². The SMILES string of the molecule is COP(=O)(OC)[C@@H](O)C(Cl)Cl. The molecule has 68 valence electrons. The third kappa shape index (κ3) is 2.90. The smallest absolute Gasteiger partial charge is 0.361 e. The molecule has 0 aromatic rings. The van der Waals surface area contributed by atoms with E-state index in [4.69, 9.17) is 28.3 Å². The van der Waals surface area contributed by atoms with Crippen LogP contribution >= 0.6 is 30.8 Å². The van der Waals surface area contributed by atoms with Crippen molar-refractivity contribution in [1.82, 2.24) is 0 Å². The van der Waals surface area contributed by atoms with Gasteiger partial charge in [0.05, 0.1) is 0 Å². The summed E-state index contributed by atoms with van der Waals surface area (Å²) in [6.07, 6.45) is 0. The molecule has 0 saturated heterocycles. The van der Waals surface area contributed by atoms with Crippen LogP contribution in [0.3, 0.4) is 0 Å². The van der Waals surface area contributed by atoms with Crippen LogP contribution in [-0.2, 0) is 13.6 Å². The van der Waals surface area contributed by atoms with Crippen molar-refractivity contribution >= 4 is 30.8 Å². The highest BCUT2D eigenvalue weighted by molar-refractivity contribution is 7.54. The van der Waals surface area contributed by atoms with Gasteiger partial charge in [-0.3, -0.25) is 4.57 Å². The van der Waals surface area contributed by atoms with Crippen LogP contribution in [0.25, 0.3) is 0 Å². The fourth-order valence-electron chi connectivity index (χ4n) is 0.429. The lowest BCUT2D eigenvalue weighted by Gasteiger charge is -2.19. The fourth-order valence-corrected chi connectivity index (χ4v) is 2.11. The number of alkyl halides is 2. The Balaban J connectivity index is 4.38. The molecule has 0 amide bonds. The van der Waals surface area contributed by atoms with Crippen LogP contribution in [0.1, 0.15) is 0 Å². The van der Waals surface area contributed by atoms with Gasteiger partial charge in [0.15, 0.2) is 5.85 Å². The second-order valence-corrected chi connectivity index (χ2v) is 5.16. The molecule has 0 radical (unpaired) electrons. The van der Waals surface area contributed by atoms with E-state index < -0.39 is 18.3 Å². The highest BCUT2D eigenvalue weighted by Crippen LogP contribution is 2.52. The second kappa shape index (κ2) is 4.65. The van der Waals surface area contributed by atoms with Crippen molar-refractivity contribution in [3.63, 3.8) is 0 Å². The molecule has 11 heavy (non-hydrogen) atoms. The maximum Gasteiger partial charge on any atom is 0.361 e. The summed E-state index contributed by atoms with van der Waals surface area (Å²) in [7, 11) is -1.25. The third-order valence-corrected chi connectivity index (χ3v) is 3.85. The molecule has 0 fully saturated rings. The van der Waals surface area contributed by atoms with Crippen molar-refractivity contribution in [2.75, 3.05) is 14.2 Å². The Kier molecular flexibility index (Phi) is 4.94. The Morgan fingerprint density at radius 3 is 1.82 bits per heavy atom. The standard InChI is InChI=1S/C4H9Cl2O4P/c1-9-11(8,10-2)4(7)3(5)6/h3-4,7H,1-2H3/t4-/m1/s1. The van der Waals surface area contributed by atoms with Crippen molar-refractivity contribution in [3.05, 3.63) is 0 Å². The van der Waals surface area contributed by atoms with Gasteiger partial charge in [-0.25, -0.2) is 0 Å². The molecule has 0 aromatic heterocycles. The number of rotatable bonds is 4. The zero-order valence-electron chi connectivity index (χ0n) is 6.03. The Hall–Kier alpha value is 0.690. The number of halogens is 2. The molecule has 0 bridgehead atoms. The molecule has 0 aliphatic rings. The molecule has 0 rings (SSSR count). The van der Waals surface area contributed by atoms with E-state index in [1.807, 2.05) is 0 Å². The summed E-state index contributed by atoms with van der Waals surface area (Å²) in [6.45, 7) is 0. The lowest BCUT2D eigenvalue weighted by Crippen LogP contribution is -2.17. The normalized spacial score (nSPS) is 15.5. The topological polar surface area (TPSA) is 55.8 Å². The van der Waals surface area contributed by atoms with Gasteiger partial charge in [0.2, 0.25) is 0 Å². The van der Waals surface area contributed by atoms with Crippen LogP contribution < -0.4 is 0 Å². The number of aliphatic hydroxyl groups is 1. The van der Waals surface area contributed by atoms with E-state index in [1.54, 1.807) is 0 Å². The van der Waals surface area contributed by atoms with Crippen LogP contribution in [0.5, 0.6) is 0 Å². The van der Waals surface area contributed by atoms with E-state index >= 15 is 0 Å². The Bertz CT molecular complexity index is 154. The number of hydrogen-bond acceptors (Lipinski definition) is 4. The second-order valence-electron chi connectivity index (χ2n) is 1.65. The molecule has 1 atom stereocenters. The number of aliphatic hydroxyl groups excluding tert-OH is 1. The van der Waals surface area contributed by atoms with E-state index in [9.17, 15) is 4.57 Å². The minimum Gasteiger partial charge on any atom is -0.378 e. The predicted molar refractivity (Wildman–Crippen MR) is 43.1 cm³/mol. The van der Waals surface area contributed by atoms with Crippen molar-refractivity contribution in [2.24, 2.45) is 0 Å². The molecule has 0 aliphatic heterocycles. The largest absolute Gasteiger partial charge is 0.378 e. The molecule has 7 heteroatoms. The summed E-state index contributed by atoms with van der Waals surface area (Å²) in [4.78, 5) is -1.19. The van der Waals surface area contributed by atoms with Crippen LogP contribution in [0, 0.1) is 0 Å². The van der Waals surface area contributed by atoms with Gasteiger partial charge in [0.25, 0.3) is 0 Å². The van der Waals surface area contributed by atoms with Gasteiger partial charge in [-0.15, -0.1) is 23.2 Å². The van der Waals surface area contributed by atoms with Crippen LogP contribution in [0.4, 0.5) is 0 Å². The van der Waals surface area contributed by atoms with Gasteiger partial charge in [0.1, 0.15) is 4.84 Å². The molecular formula is C4H9Cl2O4P. The Morgan fingerprint density at radius 1 is 1.36 bits per heavy atom. The minimum absolute atomic E-state index is 1.14. The first kappa shape index (κ1) is 11.7. The molecule has 1 N–H and O–H groups in total. The minimum atomic E-state index is -3.54. The van der Waals surface area contributed by atoms with Crippen LogP contribution in [0.15, 0.2) is 0 Å². The monoisotopic (exact) mass is 222 g/mol. The molecule has 4 nitrogen and oxygen atoms in total. The summed E-state index contributed by atoms with van der Waals surface area (Å²) in [5.74, 6) is -1.51. The molecular weight excluding hydrogens is 214 g/mol. The lowest BCUT2D eigenvalue weighted by molar-refractivity contribution is 0.182. The molecule has 0 spiro atoms. The molecule has 0 heterocycles. The highest BCUT2D eigenvalue weighted by atomic mass is 35.5.